The van der Waals surface area contributed by atoms with Gasteiger partial charge in [0.25, 0.3) is 0 Å². The molecule has 0 bridgehead atoms. The van der Waals surface area contributed by atoms with E-state index in [1.165, 1.54) is 6.08 Å². The Balaban J connectivity index is 2.37. The molecule has 0 spiro atoms. The Morgan fingerprint density at radius 2 is 2.16 bits per heavy atom. The molecule has 3 atom stereocenters. The number of aliphatic hydroxyl groups is 1. The Morgan fingerprint density at radius 3 is 2.80 bits per heavy atom. The highest BCUT2D eigenvalue weighted by atomic mass is 16.6. The van der Waals surface area contributed by atoms with Crippen LogP contribution in [0.25, 0.3) is 0 Å². The molecule has 5 nitrogen and oxygen atoms in total. The summed E-state index contributed by atoms with van der Waals surface area (Å²) in [5.41, 5.74) is 2.73. The van der Waals surface area contributed by atoms with Crippen LogP contribution in [0, 0.1) is 5.92 Å². The van der Waals surface area contributed by atoms with Crippen LogP contribution in [-0.2, 0) is 19.1 Å². The fourth-order valence-corrected chi connectivity index (χ4v) is 3.22. The molecule has 0 aromatic rings. The molecule has 1 saturated heterocycles. The van der Waals surface area contributed by atoms with Gasteiger partial charge in [-0.15, -0.1) is 0 Å². The van der Waals surface area contributed by atoms with Gasteiger partial charge in [-0.2, -0.15) is 0 Å². The maximum Gasteiger partial charge on any atom is 0.336 e. The Labute approximate surface area is 148 Å². The summed E-state index contributed by atoms with van der Waals surface area (Å²) in [5, 5.41) is 9.29. The smallest absolute Gasteiger partial charge is 0.336 e. The van der Waals surface area contributed by atoms with E-state index in [1.54, 1.807) is 6.92 Å². The minimum atomic E-state index is -0.577. The van der Waals surface area contributed by atoms with Crippen molar-refractivity contribution in [2.24, 2.45) is 5.92 Å². The van der Waals surface area contributed by atoms with E-state index in [0.717, 1.165) is 24.0 Å². The van der Waals surface area contributed by atoms with Crippen LogP contribution in [0.15, 0.2) is 47.1 Å². The van der Waals surface area contributed by atoms with Crippen molar-refractivity contribution < 1.29 is 24.2 Å². The van der Waals surface area contributed by atoms with Crippen LogP contribution in [0.2, 0.25) is 0 Å². The summed E-state index contributed by atoms with van der Waals surface area (Å²) in [7, 11) is 0. The van der Waals surface area contributed by atoms with Crippen LogP contribution in [0.1, 0.15) is 40.0 Å². The number of carbonyl (C=O) groups excluding carboxylic acids is 2. The van der Waals surface area contributed by atoms with Gasteiger partial charge in [-0.25, -0.2) is 9.59 Å². The summed E-state index contributed by atoms with van der Waals surface area (Å²) < 4.78 is 11.1. The molecular weight excluding hydrogens is 320 g/mol. The maximum absolute atomic E-state index is 12.3. The molecule has 1 fully saturated rings. The van der Waals surface area contributed by atoms with E-state index < -0.39 is 30.1 Å². The van der Waals surface area contributed by atoms with Crippen LogP contribution >= 0.6 is 0 Å². The fraction of sp³-hybridized carbons (Fsp3) is 0.500. The van der Waals surface area contributed by atoms with Gasteiger partial charge in [0.05, 0.1) is 18.1 Å². The third kappa shape index (κ3) is 4.48. The van der Waals surface area contributed by atoms with Gasteiger partial charge in [0.1, 0.15) is 12.2 Å². The van der Waals surface area contributed by atoms with Gasteiger partial charge in [0.2, 0.25) is 0 Å². The Hall–Kier alpha value is -2.14. The molecule has 2 aliphatic rings. The van der Waals surface area contributed by atoms with Crippen LogP contribution in [0.3, 0.4) is 0 Å². The number of ether oxygens (including phenoxy) is 2. The molecule has 0 aromatic heterocycles. The Kier molecular flexibility index (Phi) is 6.37. The highest BCUT2D eigenvalue weighted by Gasteiger charge is 2.44. The predicted octanol–water partition coefficient (Wildman–Crippen LogP) is 3.01. The summed E-state index contributed by atoms with van der Waals surface area (Å²) in [5.74, 6) is -1.45. The number of hydrogen-bond acceptors (Lipinski definition) is 5. The molecule has 2 rings (SSSR count). The fourth-order valence-electron chi connectivity index (χ4n) is 3.22. The molecule has 0 saturated carbocycles. The third-order valence-corrected chi connectivity index (χ3v) is 4.70. The second kappa shape index (κ2) is 8.30. The lowest BCUT2D eigenvalue weighted by molar-refractivity contribution is -0.147. The van der Waals surface area contributed by atoms with Gasteiger partial charge in [0, 0.05) is 12.0 Å². The molecule has 0 radical (unpaired) electrons. The van der Waals surface area contributed by atoms with Crippen molar-refractivity contribution in [1.82, 2.24) is 0 Å². The van der Waals surface area contributed by atoms with Gasteiger partial charge >= 0.3 is 11.9 Å². The zero-order valence-electron chi connectivity index (χ0n) is 15.1. The first-order valence-electron chi connectivity index (χ1n) is 8.57. The van der Waals surface area contributed by atoms with E-state index in [2.05, 4.69) is 12.7 Å². The lowest BCUT2D eigenvalue weighted by Gasteiger charge is -2.27. The standard InChI is InChI=1S/C20H26O5/c1-5-15(11-21)20(23)25-17-10-13(3)8-6-7-12(2)9-16-18(17)14(4)19(22)24-16/h5,8-9,16-18,21H,4,6-7,10-11H2,1-3H3/b12-9-,13-8-,15-5+/t16-,17-,18+/m1/s1. The molecule has 25 heavy (non-hydrogen) atoms. The topological polar surface area (TPSA) is 72.8 Å². The lowest BCUT2D eigenvalue weighted by atomic mass is 9.85. The molecule has 1 aliphatic heterocycles. The Bertz CT molecular complexity index is 653. The summed E-state index contributed by atoms with van der Waals surface area (Å²) in [6.07, 6.45) is 6.80. The second-order valence-corrected chi connectivity index (χ2v) is 6.64. The van der Waals surface area contributed by atoms with Crippen molar-refractivity contribution in [3.05, 3.63) is 47.1 Å². The van der Waals surface area contributed by atoms with Gasteiger partial charge in [0.15, 0.2) is 0 Å². The summed E-state index contributed by atoms with van der Waals surface area (Å²) in [6.45, 7) is 9.13. The van der Waals surface area contributed by atoms with Crippen molar-refractivity contribution in [2.45, 2.75) is 52.2 Å². The maximum atomic E-state index is 12.3. The van der Waals surface area contributed by atoms with Gasteiger partial charge in [-0.1, -0.05) is 29.9 Å². The van der Waals surface area contributed by atoms with Crippen LogP contribution in [0.5, 0.6) is 0 Å². The van der Waals surface area contributed by atoms with E-state index in [0.29, 0.717) is 12.0 Å². The van der Waals surface area contributed by atoms with Crippen LogP contribution < -0.4 is 0 Å². The molecular formula is C20H26O5. The first-order valence-corrected chi connectivity index (χ1v) is 8.57. The molecule has 1 heterocycles. The minimum absolute atomic E-state index is 0.192. The summed E-state index contributed by atoms with van der Waals surface area (Å²) >= 11 is 0. The summed E-state index contributed by atoms with van der Waals surface area (Å²) in [4.78, 5) is 24.4. The number of carbonyl (C=O) groups is 2. The van der Waals surface area contributed by atoms with E-state index >= 15 is 0 Å². The monoisotopic (exact) mass is 346 g/mol. The zero-order valence-corrected chi connectivity index (χ0v) is 15.1. The predicted molar refractivity (Wildman–Crippen MR) is 94.6 cm³/mol. The highest BCUT2D eigenvalue weighted by molar-refractivity contribution is 5.92. The van der Waals surface area contributed by atoms with Crippen molar-refractivity contribution in [1.29, 1.82) is 0 Å². The average Bonchev–Trinajstić information content (AvgIpc) is 2.81. The second-order valence-electron chi connectivity index (χ2n) is 6.64. The Morgan fingerprint density at radius 1 is 1.44 bits per heavy atom. The van der Waals surface area contributed by atoms with Crippen molar-refractivity contribution in [3.8, 4) is 0 Å². The molecule has 1 N–H and O–H groups in total. The molecule has 0 amide bonds. The van der Waals surface area contributed by atoms with E-state index in [1.807, 2.05) is 19.9 Å². The minimum Gasteiger partial charge on any atom is -0.458 e. The van der Waals surface area contributed by atoms with E-state index in [4.69, 9.17) is 9.47 Å². The normalized spacial score (nSPS) is 32.0. The van der Waals surface area contributed by atoms with Crippen molar-refractivity contribution in [3.63, 3.8) is 0 Å². The zero-order chi connectivity index (χ0) is 18.6. The van der Waals surface area contributed by atoms with Gasteiger partial charge in [-0.3, -0.25) is 0 Å². The molecule has 0 unspecified atom stereocenters. The lowest BCUT2D eigenvalue weighted by Crippen LogP contribution is -2.34. The largest absolute Gasteiger partial charge is 0.458 e. The number of hydrogen-bond donors (Lipinski definition) is 1. The number of aliphatic hydroxyl groups excluding tert-OH is 1. The summed E-state index contributed by atoms with van der Waals surface area (Å²) in [6, 6.07) is 0. The number of rotatable bonds is 3. The average molecular weight is 346 g/mol. The van der Waals surface area contributed by atoms with Crippen molar-refractivity contribution >= 4 is 11.9 Å². The number of esters is 2. The van der Waals surface area contributed by atoms with E-state index in [-0.39, 0.29) is 12.2 Å². The first kappa shape index (κ1) is 19.2. The number of fused-ring (bicyclic) bond motifs is 1. The molecule has 0 aromatic carbocycles. The van der Waals surface area contributed by atoms with Gasteiger partial charge in [-0.05, 0) is 39.7 Å². The first-order chi connectivity index (χ1) is 11.9. The molecule has 1 aliphatic carbocycles. The van der Waals surface area contributed by atoms with Crippen molar-refractivity contribution in [2.75, 3.05) is 6.61 Å². The van der Waals surface area contributed by atoms with Crippen LogP contribution in [-0.4, -0.2) is 35.9 Å². The third-order valence-electron chi connectivity index (χ3n) is 4.70. The van der Waals surface area contributed by atoms with Gasteiger partial charge < -0.3 is 14.6 Å². The quantitative estimate of drug-likeness (QED) is 0.483. The molecule has 136 valence electrons. The van der Waals surface area contributed by atoms with Crippen LogP contribution in [0.4, 0.5) is 0 Å². The SMILES string of the molecule is C=C1C(=O)O[C@@H]2/C=C(/C)CC/C=C(/C)C[C@@H](OC(=O)/C(=C/C)CO)[C@@H]12. The highest BCUT2D eigenvalue weighted by Crippen LogP contribution is 2.36. The van der Waals surface area contributed by atoms with E-state index in [9.17, 15) is 14.7 Å². The number of allylic oxidation sites excluding steroid dienone is 3. The molecule has 5 heteroatoms.